The Morgan fingerprint density at radius 2 is 1.94 bits per heavy atom. The molecule has 12 nitrogen and oxygen atoms in total. The van der Waals surface area contributed by atoms with Gasteiger partial charge in [0.05, 0.1) is 52.7 Å². The van der Waals surface area contributed by atoms with Crippen molar-refractivity contribution in [3.63, 3.8) is 0 Å². The number of nitrogens with one attached hydrogen (secondary N) is 1. The van der Waals surface area contributed by atoms with Gasteiger partial charge >= 0.3 is 5.97 Å². The SMILES string of the molecule is CCn1c(-c2cc(N3CCN(C)CC3)cnc2C(C)OC)c2c3cc(ccc31)-c1csc(n1)CC(N)C(=O)N1CCCC(N1)C(=O)OCC(C)(C)C2. The lowest BCUT2D eigenvalue weighted by Crippen LogP contribution is -2.59. The van der Waals surface area contributed by atoms with Crippen LogP contribution in [0.1, 0.15) is 62.9 Å². The highest BCUT2D eigenvalue weighted by Gasteiger charge is 2.34. The van der Waals surface area contributed by atoms with Crippen LogP contribution in [-0.4, -0.2) is 102 Å². The molecule has 3 unspecified atom stereocenters. The molecule has 2 fully saturated rings. The fourth-order valence-electron chi connectivity index (χ4n) is 7.75. The standard InChI is InChI=1S/C39H52N8O4S/c1-7-46-33-11-10-25-17-27(33)29(36(46)28-18-26(21-41-35(28)24(2)50-6)45-15-13-44(5)14-16-45)20-39(3,4)23-51-38(49)31-9-8-12-47(43-31)37(48)30(40)19-34-42-32(25)22-52-34/h10-11,17-18,21-22,24,30-31,43H,7-9,12-16,19-20,23,40H2,1-6H3. The third-order valence-corrected chi connectivity index (χ3v) is 11.7. The van der Waals surface area contributed by atoms with Crippen molar-refractivity contribution in [2.24, 2.45) is 11.1 Å². The Kier molecular flexibility index (Phi) is 10.4. The number of piperazine rings is 1. The second-order valence-corrected chi connectivity index (χ2v) is 16.2. The van der Waals surface area contributed by atoms with Gasteiger partial charge in [-0.25, -0.2) is 10.4 Å². The number of hydrazine groups is 1. The molecule has 1 aromatic carbocycles. The number of aryl methyl sites for hydroxylation is 1. The molecule has 6 heterocycles. The first-order valence-electron chi connectivity index (χ1n) is 18.5. The zero-order valence-corrected chi connectivity index (χ0v) is 32.1. The third-order valence-electron chi connectivity index (χ3n) is 10.8. The number of rotatable bonds is 5. The van der Waals surface area contributed by atoms with Crippen LogP contribution < -0.4 is 16.1 Å². The predicted octanol–water partition coefficient (Wildman–Crippen LogP) is 4.80. The van der Waals surface area contributed by atoms with E-state index in [1.807, 2.05) is 11.6 Å². The number of carbonyl (C=O) groups is 2. The van der Waals surface area contributed by atoms with Gasteiger partial charge in [-0.15, -0.1) is 11.3 Å². The summed E-state index contributed by atoms with van der Waals surface area (Å²) in [7, 11) is 3.90. The normalized spacial score (nSPS) is 22.4. The number of thiazole rings is 1. The molecule has 52 heavy (non-hydrogen) atoms. The van der Waals surface area contributed by atoms with Gasteiger partial charge in [0.25, 0.3) is 5.91 Å². The fraction of sp³-hybridized carbons (Fsp3) is 0.538. The summed E-state index contributed by atoms with van der Waals surface area (Å²) in [6, 6.07) is 7.47. The number of likely N-dealkylation sites (N-methyl/N-ethyl adjacent to an activating group) is 1. The van der Waals surface area contributed by atoms with Crippen molar-refractivity contribution in [3.8, 4) is 22.5 Å². The summed E-state index contributed by atoms with van der Waals surface area (Å²) < 4.78 is 14.4. The van der Waals surface area contributed by atoms with Crippen LogP contribution in [0.4, 0.5) is 5.69 Å². The number of cyclic esters (lactones) is 1. The monoisotopic (exact) mass is 728 g/mol. The van der Waals surface area contributed by atoms with E-state index in [0.717, 1.165) is 82.5 Å². The predicted molar refractivity (Wildman–Crippen MR) is 205 cm³/mol. The van der Waals surface area contributed by atoms with Crippen LogP contribution in [0.5, 0.6) is 0 Å². The maximum atomic E-state index is 13.5. The van der Waals surface area contributed by atoms with Crippen molar-refractivity contribution in [2.45, 2.75) is 78.1 Å². The largest absolute Gasteiger partial charge is 0.464 e. The molecule has 0 radical (unpaired) electrons. The molecule has 4 aromatic rings. The van der Waals surface area contributed by atoms with Crippen molar-refractivity contribution in [3.05, 3.63) is 52.1 Å². The second-order valence-electron chi connectivity index (χ2n) is 15.3. The van der Waals surface area contributed by atoms with Crippen LogP contribution in [-0.2, 0) is 38.4 Å². The molecule has 6 bridgehead atoms. The zero-order chi connectivity index (χ0) is 36.7. The number of benzene rings is 1. The minimum atomic E-state index is -0.784. The number of anilines is 1. The van der Waals surface area contributed by atoms with E-state index < -0.39 is 17.5 Å². The molecule has 3 N–H and O–H groups in total. The molecule has 3 aliphatic rings. The number of nitrogens with zero attached hydrogens (tertiary/aromatic N) is 6. The number of fused-ring (bicyclic) bond motifs is 6. The molecule has 1 amide bonds. The Balaban J connectivity index is 1.40. The summed E-state index contributed by atoms with van der Waals surface area (Å²) in [5, 5.41) is 5.46. The molecule has 3 aliphatic heterocycles. The molecular weight excluding hydrogens is 677 g/mol. The molecule has 2 saturated heterocycles. The fourth-order valence-corrected chi connectivity index (χ4v) is 8.61. The van der Waals surface area contributed by atoms with E-state index in [1.165, 1.54) is 21.9 Å². The molecule has 13 heteroatoms. The minimum Gasteiger partial charge on any atom is -0.464 e. The van der Waals surface area contributed by atoms with Gasteiger partial charge in [0.2, 0.25) is 0 Å². The first kappa shape index (κ1) is 36.5. The highest BCUT2D eigenvalue weighted by molar-refractivity contribution is 7.10. The van der Waals surface area contributed by atoms with E-state index in [2.05, 4.69) is 78.8 Å². The summed E-state index contributed by atoms with van der Waals surface area (Å²) in [6.45, 7) is 13.8. The molecule has 0 saturated carbocycles. The van der Waals surface area contributed by atoms with Crippen molar-refractivity contribution < 1.29 is 19.1 Å². The van der Waals surface area contributed by atoms with Crippen LogP contribution in [0.3, 0.4) is 0 Å². The van der Waals surface area contributed by atoms with E-state index in [9.17, 15) is 9.59 Å². The van der Waals surface area contributed by atoms with Gasteiger partial charge in [0, 0.05) is 85.6 Å². The molecule has 0 spiro atoms. The van der Waals surface area contributed by atoms with E-state index >= 15 is 0 Å². The Labute approximate surface area is 310 Å². The quantitative estimate of drug-likeness (QED) is 0.277. The summed E-state index contributed by atoms with van der Waals surface area (Å²) in [4.78, 5) is 41.7. The van der Waals surface area contributed by atoms with E-state index in [-0.39, 0.29) is 24.6 Å². The minimum absolute atomic E-state index is 0.214. The van der Waals surface area contributed by atoms with Gasteiger partial charge < -0.3 is 29.6 Å². The maximum Gasteiger partial charge on any atom is 0.324 e. The lowest BCUT2D eigenvalue weighted by molar-refractivity contribution is -0.154. The Hall–Kier alpha value is -3.88. The van der Waals surface area contributed by atoms with Crippen LogP contribution >= 0.6 is 11.3 Å². The highest BCUT2D eigenvalue weighted by atomic mass is 32.1. The molecule has 0 aliphatic carbocycles. The number of amides is 1. The molecule has 7 rings (SSSR count). The first-order valence-corrected chi connectivity index (χ1v) is 19.4. The number of pyridine rings is 1. The lowest BCUT2D eigenvalue weighted by atomic mass is 9.84. The van der Waals surface area contributed by atoms with Crippen molar-refractivity contribution in [2.75, 3.05) is 58.4 Å². The van der Waals surface area contributed by atoms with Crippen molar-refractivity contribution in [1.29, 1.82) is 0 Å². The van der Waals surface area contributed by atoms with Gasteiger partial charge in [-0.3, -0.25) is 19.6 Å². The van der Waals surface area contributed by atoms with Gasteiger partial charge in [-0.2, -0.15) is 0 Å². The topological polar surface area (TPSA) is 131 Å². The third kappa shape index (κ3) is 7.21. The Morgan fingerprint density at radius 1 is 1.15 bits per heavy atom. The Morgan fingerprint density at radius 3 is 2.69 bits per heavy atom. The summed E-state index contributed by atoms with van der Waals surface area (Å²) in [5.41, 5.74) is 17.4. The number of carbonyl (C=O) groups excluding carboxylic acids is 2. The lowest BCUT2D eigenvalue weighted by Gasteiger charge is -2.35. The van der Waals surface area contributed by atoms with E-state index in [1.54, 1.807) is 7.11 Å². The second kappa shape index (κ2) is 14.9. The van der Waals surface area contributed by atoms with Crippen LogP contribution in [0, 0.1) is 5.41 Å². The summed E-state index contributed by atoms with van der Waals surface area (Å²) in [6.07, 6.45) is 3.98. The number of esters is 1. The van der Waals surface area contributed by atoms with Gasteiger partial charge in [0.15, 0.2) is 0 Å². The molecule has 3 atom stereocenters. The van der Waals surface area contributed by atoms with Crippen molar-refractivity contribution in [1.82, 2.24) is 29.9 Å². The highest BCUT2D eigenvalue weighted by Crippen LogP contribution is 2.43. The first-order chi connectivity index (χ1) is 25.0. The number of ether oxygens (including phenoxy) is 2. The zero-order valence-electron chi connectivity index (χ0n) is 31.3. The van der Waals surface area contributed by atoms with E-state index in [0.29, 0.717) is 32.2 Å². The smallest absolute Gasteiger partial charge is 0.324 e. The van der Waals surface area contributed by atoms with Crippen LogP contribution in [0.15, 0.2) is 35.8 Å². The number of aromatic nitrogens is 3. The Bertz CT molecular complexity index is 1950. The number of hydrogen-bond donors (Lipinski definition) is 2. The summed E-state index contributed by atoms with van der Waals surface area (Å²) in [5.74, 6) is -0.604. The van der Waals surface area contributed by atoms with E-state index in [4.69, 9.17) is 25.2 Å². The van der Waals surface area contributed by atoms with Crippen LogP contribution in [0.25, 0.3) is 33.4 Å². The average molecular weight is 729 g/mol. The number of nitrogens with two attached hydrogens (primary N) is 1. The maximum absolute atomic E-state index is 13.5. The van der Waals surface area contributed by atoms with Gasteiger partial charge in [-0.05, 0) is 63.9 Å². The van der Waals surface area contributed by atoms with Crippen LogP contribution in [0.2, 0.25) is 0 Å². The van der Waals surface area contributed by atoms with Gasteiger partial charge in [-0.1, -0.05) is 19.9 Å². The molecule has 278 valence electrons. The molecular formula is C39H52N8O4S. The number of hydrogen-bond acceptors (Lipinski definition) is 11. The summed E-state index contributed by atoms with van der Waals surface area (Å²) >= 11 is 1.51. The average Bonchev–Trinajstić information content (AvgIpc) is 3.74. The van der Waals surface area contributed by atoms with Crippen molar-refractivity contribution >= 4 is 39.8 Å². The number of methoxy groups -OCH3 is 1. The van der Waals surface area contributed by atoms with Gasteiger partial charge in [0.1, 0.15) is 6.04 Å². The molecule has 3 aromatic heterocycles.